The Morgan fingerprint density at radius 2 is 1.64 bits per heavy atom. The van der Waals surface area contributed by atoms with E-state index < -0.39 is 0 Å². The Bertz CT molecular complexity index is 1130. The minimum Gasteiger partial charge on any atom is -0.467 e. The number of hydrogen-bond acceptors (Lipinski definition) is 5. The molecule has 2 aromatic heterocycles. The van der Waals surface area contributed by atoms with Gasteiger partial charge in [-0.25, -0.2) is 4.98 Å². The third-order valence-electron chi connectivity index (χ3n) is 5.45. The van der Waals surface area contributed by atoms with Crippen molar-refractivity contribution in [2.24, 2.45) is 0 Å². The number of amides is 1. The second-order valence-corrected chi connectivity index (χ2v) is 8.42. The Morgan fingerprint density at radius 3 is 2.30 bits per heavy atom. The summed E-state index contributed by atoms with van der Waals surface area (Å²) in [6.07, 6.45) is 2.98. The van der Waals surface area contributed by atoms with Gasteiger partial charge in [0.05, 0.1) is 19.4 Å². The number of hydrogen-bond donors (Lipinski definition) is 1. The van der Waals surface area contributed by atoms with E-state index in [0.29, 0.717) is 30.7 Å². The lowest BCUT2D eigenvalue weighted by atomic mass is 10.0. The van der Waals surface area contributed by atoms with Gasteiger partial charge in [-0.2, -0.15) is 0 Å². The first-order chi connectivity index (χ1) is 16.1. The van der Waals surface area contributed by atoms with Gasteiger partial charge in [-0.15, -0.1) is 0 Å². The van der Waals surface area contributed by atoms with Gasteiger partial charge in [0, 0.05) is 13.1 Å². The zero-order valence-electron chi connectivity index (χ0n) is 19.0. The molecule has 0 saturated heterocycles. The SMILES string of the molecule is CC(C)c1ccc(CN(Cc2ccccc2)Cc2nc(C(=O)NCc3ccco3)co2)cc1. The molecule has 0 fully saturated rings. The molecule has 0 spiro atoms. The van der Waals surface area contributed by atoms with Crippen molar-refractivity contribution in [3.8, 4) is 0 Å². The number of oxazole rings is 1. The van der Waals surface area contributed by atoms with Crippen molar-refractivity contribution in [1.82, 2.24) is 15.2 Å². The molecule has 0 atom stereocenters. The fraction of sp³-hybridized carbons (Fsp3) is 0.259. The summed E-state index contributed by atoms with van der Waals surface area (Å²) >= 11 is 0. The Morgan fingerprint density at radius 1 is 0.909 bits per heavy atom. The number of carbonyl (C=O) groups is 1. The van der Waals surface area contributed by atoms with Crippen molar-refractivity contribution < 1.29 is 13.6 Å². The van der Waals surface area contributed by atoms with Crippen molar-refractivity contribution in [3.63, 3.8) is 0 Å². The summed E-state index contributed by atoms with van der Waals surface area (Å²) in [5, 5.41) is 2.79. The zero-order chi connectivity index (χ0) is 23.0. The molecule has 4 aromatic rings. The standard InChI is InChI=1S/C27H29N3O3/c1-20(2)23-12-10-22(11-13-23)17-30(16-21-7-4-3-5-8-21)18-26-29-25(19-33-26)27(31)28-15-24-9-6-14-32-24/h3-14,19-20H,15-18H2,1-2H3,(H,28,31). The van der Waals surface area contributed by atoms with Crippen LogP contribution in [0.5, 0.6) is 0 Å². The molecular weight excluding hydrogens is 414 g/mol. The number of rotatable bonds is 10. The molecule has 0 radical (unpaired) electrons. The molecule has 0 bridgehead atoms. The number of carbonyl (C=O) groups excluding carboxylic acids is 1. The first-order valence-corrected chi connectivity index (χ1v) is 11.2. The fourth-order valence-electron chi connectivity index (χ4n) is 3.63. The summed E-state index contributed by atoms with van der Waals surface area (Å²) in [7, 11) is 0. The monoisotopic (exact) mass is 443 g/mol. The van der Waals surface area contributed by atoms with Crippen LogP contribution in [0.3, 0.4) is 0 Å². The molecule has 0 aliphatic heterocycles. The Hall–Kier alpha value is -3.64. The van der Waals surface area contributed by atoms with Gasteiger partial charge in [-0.1, -0.05) is 68.4 Å². The first kappa shape index (κ1) is 22.6. The summed E-state index contributed by atoms with van der Waals surface area (Å²) in [4.78, 5) is 19.1. The maximum atomic E-state index is 12.4. The fourth-order valence-corrected chi connectivity index (χ4v) is 3.63. The molecular formula is C27H29N3O3. The third-order valence-corrected chi connectivity index (χ3v) is 5.45. The highest BCUT2D eigenvalue weighted by Crippen LogP contribution is 2.18. The van der Waals surface area contributed by atoms with Gasteiger partial charge < -0.3 is 14.2 Å². The van der Waals surface area contributed by atoms with Crippen molar-refractivity contribution in [2.75, 3.05) is 0 Å². The molecule has 2 aromatic carbocycles. The predicted octanol–water partition coefficient (Wildman–Crippen LogP) is 5.52. The number of nitrogens with zero attached hydrogens (tertiary/aromatic N) is 2. The van der Waals surface area contributed by atoms with E-state index in [-0.39, 0.29) is 11.6 Å². The highest BCUT2D eigenvalue weighted by molar-refractivity contribution is 5.91. The van der Waals surface area contributed by atoms with Crippen LogP contribution >= 0.6 is 0 Å². The van der Waals surface area contributed by atoms with Gasteiger partial charge in [0.15, 0.2) is 5.69 Å². The van der Waals surface area contributed by atoms with Gasteiger partial charge in [0.25, 0.3) is 5.91 Å². The largest absolute Gasteiger partial charge is 0.467 e. The van der Waals surface area contributed by atoms with Crippen LogP contribution in [-0.4, -0.2) is 15.8 Å². The lowest BCUT2D eigenvalue weighted by Gasteiger charge is -2.21. The highest BCUT2D eigenvalue weighted by Gasteiger charge is 2.16. The lowest BCUT2D eigenvalue weighted by Crippen LogP contribution is -2.24. The average Bonchev–Trinajstić information content (AvgIpc) is 3.51. The Labute approximate surface area is 194 Å². The van der Waals surface area contributed by atoms with Crippen molar-refractivity contribution in [1.29, 1.82) is 0 Å². The number of benzene rings is 2. The third kappa shape index (κ3) is 6.43. The van der Waals surface area contributed by atoms with Gasteiger partial charge in [-0.05, 0) is 34.7 Å². The van der Waals surface area contributed by atoms with Gasteiger partial charge in [0.1, 0.15) is 12.0 Å². The molecule has 0 unspecified atom stereocenters. The van der Waals surface area contributed by atoms with Crippen LogP contribution < -0.4 is 5.32 Å². The van der Waals surface area contributed by atoms with E-state index in [0.717, 1.165) is 13.1 Å². The van der Waals surface area contributed by atoms with E-state index in [1.54, 1.807) is 12.3 Å². The molecule has 1 amide bonds. The molecule has 4 rings (SSSR count). The van der Waals surface area contributed by atoms with Gasteiger partial charge in [0.2, 0.25) is 5.89 Å². The average molecular weight is 444 g/mol. The highest BCUT2D eigenvalue weighted by atomic mass is 16.3. The van der Waals surface area contributed by atoms with E-state index in [1.807, 2.05) is 24.3 Å². The van der Waals surface area contributed by atoms with E-state index in [1.165, 1.54) is 23.0 Å². The van der Waals surface area contributed by atoms with Crippen molar-refractivity contribution in [2.45, 2.75) is 45.9 Å². The predicted molar refractivity (Wildman–Crippen MR) is 126 cm³/mol. The van der Waals surface area contributed by atoms with Crippen LogP contribution in [-0.2, 0) is 26.2 Å². The van der Waals surface area contributed by atoms with Crippen LogP contribution in [0.1, 0.15) is 58.6 Å². The molecule has 1 N–H and O–H groups in total. The smallest absolute Gasteiger partial charge is 0.273 e. The van der Waals surface area contributed by atoms with Crippen LogP contribution in [0.4, 0.5) is 0 Å². The number of aromatic nitrogens is 1. The maximum Gasteiger partial charge on any atom is 0.273 e. The summed E-state index contributed by atoms with van der Waals surface area (Å²) in [6, 6.07) is 22.6. The zero-order valence-corrected chi connectivity index (χ0v) is 19.0. The molecule has 6 heteroatoms. The van der Waals surface area contributed by atoms with Crippen molar-refractivity contribution in [3.05, 3.63) is 113 Å². The Balaban J connectivity index is 1.43. The maximum absolute atomic E-state index is 12.4. The quantitative estimate of drug-likeness (QED) is 0.349. The van der Waals surface area contributed by atoms with Crippen molar-refractivity contribution >= 4 is 5.91 Å². The second kappa shape index (κ2) is 10.8. The minimum atomic E-state index is -0.291. The number of nitrogens with one attached hydrogen (secondary N) is 1. The lowest BCUT2D eigenvalue weighted by molar-refractivity contribution is 0.0943. The van der Waals surface area contributed by atoms with Gasteiger partial charge >= 0.3 is 0 Å². The normalized spacial score (nSPS) is 11.3. The van der Waals surface area contributed by atoms with Gasteiger partial charge in [-0.3, -0.25) is 9.69 Å². The molecule has 0 saturated carbocycles. The summed E-state index contributed by atoms with van der Waals surface area (Å²) < 4.78 is 10.9. The molecule has 33 heavy (non-hydrogen) atoms. The Kier molecular flexibility index (Phi) is 7.37. The van der Waals surface area contributed by atoms with Crippen LogP contribution in [0.25, 0.3) is 0 Å². The summed E-state index contributed by atoms with van der Waals surface area (Å²) in [5.41, 5.74) is 4.02. The molecule has 6 nitrogen and oxygen atoms in total. The second-order valence-electron chi connectivity index (χ2n) is 8.42. The molecule has 2 heterocycles. The van der Waals surface area contributed by atoms with Crippen LogP contribution in [0.15, 0.2) is 88.1 Å². The molecule has 170 valence electrons. The minimum absolute atomic E-state index is 0.262. The summed E-state index contributed by atoms with van der Waals surface area (Å²) in [5.74, 6) is 1.40. The topological polar surface area (TPSA) is 71.5 Å². The van der Waals surface area contributed by atoms with E-state index in [4.69, 9.17) is 8.83 Å². The first-order valence-electron chi connectivity index (χ1n) is 11.2. The number of furan rings is 1. The van der Waals surface area contributed by atoms with Crippen LogP contribution in [0, 0.1) is 0 Å². The van der Waals surface area contributed by atoms with Crippen LogP contribution in [0.2, 0.25) is 0 Å². The van der Waals surface area contributed by atoms with E-state index in [2.05, 4.69) is 65.4 Å². The summed E-state index contributed by atoms with van der Waals surface area (Å²) in [6.45, 7) is 6.68. The molecule has 0 aliphatic carbocycles. The van der Waals surface area contributed by atoms with E-state index in [9.17, 15) is 4.79 Å². The van der Waals surface area contributed by atoms with E-state index >= 15 is 0 Å². The molecule has 0 aliphatic rings.